The zero-order valence-corrected chi connectivity index (χ0v) is 7.49. The van der Waals surface area contributed by atoms with Crippen LogP contribution >= 0.6 is 0 Å². The van der Waals surface area contributed by atoms with E-state index in [-0.39, 0.29) is 0 Å². The minimum absolute atomic E-state index is 0.320. The Morgan fingerprint density at radius 3 is 2.54 bits per heavy atom. The van der Waals surface area contributed by atoms with E-state index in [2.05, 4.69) is 10.7 Å². The predicted molar refractivity (Wildman–Crippen MR) is 46.7 cm³/mol. The zero-order valence-electron chi connectivity index (χ0n) is 7.49. The monoisotopic (exact) mass is 183 g/mol. The van der Waals surface area contributed by atoms with Gasteiger partial charge in [-0.2, -0.15) is 5.26 Å². The number of hydrogen-bond acceptors (Lipinski definition) is 4. The van der Waals surface area contributed by atoms with Crippen molar-refractivity contribution in [2.75, 3.05) is 33.0 Å². The summed E-state index contributed by atoms with van der Waals surface area (Å²) >= 11 is 0. The van der Waals surface area contributed by atoms with Crippen molar-refractivity contribution in [3.05, 3.63) is 0 Å². The van der Waals surface area contributed by atoms with Gasteiger partial charge in [0.1, 0.15) is 13.2 Å². The third-order valence-electron chi connectivity index (χ3n) is 1.16. The highest BCUT2D eigenvalue weighted by molar-refractivity contribution is 4.82. The van der Waals surface area contributed by atoms with E-state index in [0.29, 0.717) is 39.5 Å². The van der Waals surface area contributed by atoms with Crippen molar-refractivity contribution in [2.45, 2.75) is 6.42 Å². The van der Waals surface area contributed by atoms with Gasteiger partial charge in [-0.15, -0.1) is 6.42 Å². The second-order valence-electron chi connectivity index (χ2n) is 2.16. The van der Waals surface area contributed by atoms with Crippen LogP contribution in [0.15, 0.2) is 0 Å². The quantitative estimate of drug-likeness (QED) is 0.313. The molecule has 13 heavy (non-hydrogen) atoms. The van der Waals surface area contributed by atoms with Crippen molar-refractivity contribution >= 4 is 0 Å². The van der Waals surface area contributed by atoms with E-state index < -0.39 is 0 Å². The molecule has 0 aliphatic heterocycles. The van der Waals surface area contributed by atoms with Crippen molar-refractivity contribution < 1.29 is 14.2 Å². The van der Waals surface area contributed by atoms with Crippen LogP contribution in [-0.2, 0) is 14.2 Å². The van der Waals surface area contributed by atoms with Crippen LogP contribution in [0.1, 0.15) is 6.42 Å². The molecule has 0 aromatic rings. The fourth-order valence-electron chi connectivity index (χ4n) is 0.630. The average molecular weight is 183 g/mol. The van der Waals surface area contributed by atoms with Crippen molar-refractivity contribution in [2.24, 2.45) is 0 Å². The minimum Gasteiger partial charge on any atom is -0.427 e. The molecule has 0 heterocycles. The Kier molecular flexibility index (Phi) is 9.75. The lowest BCUT2D eigenvalue weighted by Gasteiger charge is -2.02. The minimum atomic E-state index is 0.320. The normalized spacial score (nSPS) is 8.77. The number of nitrogens with zero attached hydrogens (tertiary/aromatic N) is 1. The van der Waals surface area contributed by atoms with E-state index in [0.717, 1.165) is 0 Å². The van der Waals surface area contributed by atoms with Gasteiger partial charge in [0.25, 0.3) is 6.26 Å². The Hall–Kier alpha value is -1.23. The first-order chi connectivity index (χ1) is 6.41. The Morgan fingerprint density at radius 2 is 1.85 bits per heavy atom. The van der Waals surface area contributed by atoms with Gasteiger partial charge in [0, 0.05) is 13.0 Å². The third kappa shape index (κ3) is 10.8. The van der Waals surface area contributed by atoms with E-state index in [9.17, 15) is 0 Å². The summed E-state index contributed by atoms with van der Waals surface area (Å²) in [5, 5.41) is 8.01. The lowest BCUT2D eigenvalue weighted by Crippen LogP contribution is -2.06. The maximum atomic E-state index is 8.01. The molecule has 0 fully saturated rings. The Balaban J connectivity index is 2.85. The molecule has 0 aliphatic carbocycles. The molecule has 0 amide bonds. The van der Waals surface area contributed by atoms with Crippen LogP contribution in [0, 0.1) is 23.9 Å². The highest BCUT2D eigenvalue weighted by Gasteiger charge is 1.89. The number of terminal acetylenes is 1. The van der Waals surface area contributed by atoms with Crippen LogP contribution in [-0.4, -0.2) is 33.0 Å². The molecule has 72 valence electrons. The Morgan fingerprint density at radius 1 is 1.08 bits per heavy atom. The van der Waals surface area contributed by atoms with E-state index in [1.807, 2.05) is 0 Å². The molecule has 0 radical (unpaired) electrons. The summed E-state index contributed by atoms with van der Waals surface area (Å²) in [5.41, 5.74) is 0. The van der Waals surface area contributed by atoms with Crippen LogP contribution in [0.3, 0.4) is 0 Å². The van der Waals surface area contributed by atoms with Gasteiger partial charge < -0.3 is 14.2 Å². The summed E-state index contributed by atoms with van der Waals surface area (Å²) in [4.78, 5) is 0. The average Bonchev–Trinajstić information content (AvgIpc) is 2.16. The number of ether oxygens (including phenoxy) is 3. The topological polar surface area (TPSA) is 51.5 Å². The van der Waals surface area contributed by atoms with Gasteiger partial charge in [-0.3, -0.25) is 0 Å². The van der Waals surface area contributed by atoms with Crippen molar-refractivity contribution in [1.29, 1.82) is 5.26 Å². The van der Waals surface area contributed by atoms with Gasteiger partial charge in [0.05, 0.1) is 13.2 Å². The first-order valence-corrected chi connectivity index (χ1v) is 4.01. The lowest BCUT2D eigenvalue weighted by molar-refractivity contribution is 0.0534. The molecule has 0 unspecified atom stereocenters. The van der Waals surface area contributed by atoms with E-state index in [1.54, 1.807) is 6.26 Å². The van der Waals surface area contributed by atoms with Crippen LogP contribution < -0.4 is 0 Å². The van der Waals surface area contributed by atoms with Crippen molar-refractivity contribution in [3.63, 3.8) is 0 Å². The molecule has 0 spiro atoms. The number of rotatable bonds is 8. The highest BCUT2D eigenvalue weighted by atomic mass is 16.5. The van der Waals surface area contributed by atoms with Crippen molar-refractivity contribution in [1.82, 2.24) is 0 Å². The largest absolute Gasteiger partial charge is 0.427 e. The zero-order chi connectivity index (χ0) is 9.78. The molecular weight excluding hydrogens is 170 g/mol. The molecule has 0 aromatic heterocycles. The Bertz CT molecular complexity index is 160. The smallest absolute Gasteiger partial charge is 0.286 e. The van der Waals surface area contributed by atoms with E-state index >= 15 is 0 Å². The van der Waals surface area contributed by atoms with Crippen LogP contribution in [0.5, 0.6) is 0 Å². The van der Waals surface area contributed by atoms with Gasteiger partial charge in [-0.25, -0.2) is 0 Å². The maximum Gasteiger partial charge on any atom is 0.286 e. The second-order valence-corrected chi connectivity index (χ2v) is 2.16. The maximum absolute atomic E-state index is 8.01. The summed E-state index contributed by atoms with van der Waals surface area (Å²) in [6.45, 7) is 2.32. The Labute approximate surface area is 78.4 Å². The molecule has 0 aliphatic rings. The van der Waals surface area contributed by atoms with Gasteiger partial charge in [0.2, 0.25) is 0 Å². The third-order valence-corrected chi connectivity index (χ3v) is 1.16. The molecular formula is C9H13NO3. The predicted octanol–water partition coefficient (Wildman–Crippen LogP) is 0.541. The summed E-state index contributed by atoms with van der Waals surface area (Å²) in [5.74, 6) is 2.35. The summed E-state index contributed by atoms with van der Waals surface area (Å²) < 4.78 is 14.6. The molecule has 0 rings (SSSR count). The first-order valence-electron chi connectivity index (χ1n) is 4.01. The molecule has 0 bridgehead atoms. The van der Waals surface area contributed by atoms with Gasteiger partial charge >= 0.3 is 0 Å². The molecule has 4 heteroatoms. The van der Waals surface area contributed by atoms with Crippen LogP contribution in [0.25, 0.3) is 0 Å². The molecule has 0 N–H and O–H groups in total. The molecule has 0 aromatic carbocycles. The van der Waals surface area contributed by atoms with Gasteiger partial charge in [-0.05, 0) is 0 Å². The van der Waals surface area contributed by atoms with Crippen LogP contribution in [0.2, 0.25) is 0 Å². The van der Waals surface area contributed by atoms with Crippen LogP contribution in [0.4, 0.5) is 0 Å². The molecule has 4 nitrogen and oxygen atoms in total. The molecule has 0 saturated heterocycles. The SMILES string of the molecule is C#CCOCCOCCCOC#N. The highest BCUT2D eigenvalue weighted by Crippen LogP contribution is 1.84. The van der Waals surface area contributed by atoms with Crippen molar-refractivity contribution in [3.8, 4) is 18.6 Å². The fourth-order valence-corrected chi connectivity index (χ4v) is 0.630. The second kappa shape index (κ2) is 10.8. The summed E-state index contributed by atoms with van der Waals surface area (Å²) in [7, 11) is 0. The van der Waals surface area contributed by atoms with E-state index in [1.165, 1.54) is 0 Å². The number of hydrogen-bond donors (Lipinski definition) is 0. The molecule has 0 saturated carbocycles. The van der Waals surface area contributed by atoms with E-state index in [4.69, 9.17) is 21.2 Å². The van der Waals surface area contributed by atoms with Gasteiger partial charge in [0.15, 0.2) is 0 Å². The lowest BCUT2D eigenvalue weighted by atomic mass is 10.5. The molecule has 0 atom stereocenters. The van der Waals surface area contributed by atoms with Gasteiger partial charge in [-0.1, -0.05) is 5.92 Å². The standard InChI is InChI=1S/C9H13NO3/c1-2-4-11-7-8-12-5-3-6-13-9-10/h1H,3-8H2. The fraction of sp³-hybridized carbons (Fsp3) is 0.667. The summed E-state index contributed by atoms with van der Waals surface area (Å²) in [6, 6.07) is 0. The first kappa shape index (κ1) is 11.8. The number of nitriles is 1. The summed E-state index contributed by atoms with van der Waals surface area (Å²) in [6.07, 6.45) is 7.26.